The third kappa shape index (κ3) is 3.25. The van der Waals surface area contributed by atoms with E-state index in [0.717, 1.165) is 29.8 Å². The summed E-state index contributed by atoms with van der Waals surface area (Å²) in [7, 11) is 0. The van der Waals surface area contributed by atoms with Crippen molar-refractivity contribution in [3.8, 4) is 0 Å². The van der Waals surface area contributed by atoms with Gasteiger partial charge in [-0.2, -0.15) is 0 Å². The molecule has 0 bridgehead atoms. The van der Waals surface area contributed by atoms with E-state index in [1.165, 1.54) is 0 Å². The largest absolute Gasteiger partial charge is 0.480 e. The molecule has 0 aliphatic carbocycles. The number of aliphatic carboxylic acids is 1. The molecule has 1 rings (SSSR count). The SMILES string of the molecule is CCCN(c1cc(C)ccc1C)[C@H](CC)C(=O)O. The van der Waals surface area contributed by atoms with Crippen LogP contribution in [0.25, 0.3) is 0 Å². The first-order valence-corrected chi connectivity index (χ1v) is 6.57. The Morgan fingerprint density at radius 2 is 2.00 bits per heavy atom. The summed E-state index contributed by atoms with van der Waals surface area (Å²) in [6.45, 7) is 8.84. The minimum absolute atomic E-state index is 0.439. The number of carboxylic acid groups (broad SMARTS) is 1. The van der Waals surface area contributed by atoms with E-state index in [9.17, 15) is 9.90 Å². The smallest absolute Gasteiger partial charge is 0.326 e. The highest BCUT2D eigenvalue weighted by Crippen LogP contribution is 2.25. The topological polar surface area (TPSA) is 40.5 Å². The van der Waals surface area contributed by atoms with Crippen LogP contribution >= 0.6 is 0 Å². The van der Waals surface area contributed by atoms with Crippen LogP contribution in [-0.4, -0.2) is 23.7 Å². The average molecular weight is 249 g/mol. The monoisotopic (exact) mass is 249 g/mol. The van der Waals surface area contributed by atoms with Crippen LogP contribution in [0.4, 0.5) is 5.69 Å². The Kier molecular flexibility index (Phi) is 5.20. The Bertz CT molecular complexity index is 415. The van der Waals surface area contributed by atoms with Crippen LogP contribution in [0.1, 0.15) is 37.8 Å². The first-order chi connectivity index (χ1) is 8.51. The lowest BCUT2D eigenvalue weighted by molar-refractivity contribution is -0.138. The van der Waals surface area contributed by atoms with Gasteiger partial charge in [0.05, 0.1) is 0 Å². The Morgan fingerprint density at radius 1 is 1.33 bits per heavy atom. The van der Waals surface area contributed by atoms with E-state index in [-0.39, 0.29) is 0 Å². The van der Waals surface area contributed by atoms with Crippen LogP contribution < -0.4 is 4.90 Å². The van der Waals surface area contributed by atoms with Gasteiger partial charge in [0.25, 0.3) is 0 Å². The predicted molar refractivity (Wildman–Crippen MR) is 75.3 cm³/mol. The molecule has 18 heavy (non-hydrogen) atoms. The molecule has 3 nitrogen and oxygen atoms in total. The van der Waals surface area contributed by atoms with E-state index in [4.69, 9.17) is 0 Å². The maximum absolute atomic E-state index is 11.4. The molecule has 0 spiro atoms. The number of nitrogens with zero attached hydrogens (tertiary/aromatic N) is 1. The number of benzene rings is 1. The number of hydrogen-bond acceptors (Lipinski definition) is 2. The fourth-order valence-corrected chi connectivity index (χ4v) is 2.24. The molecule has 1 aromatic rings. The number of rotatable bonds is 6. The summed E-state index contributed by atoms with van der Waals surface area (Å²) in [5, 5.41) is 9.35. The molecule has 1 N–H and O–H groups in total. The number of hydrogen-bond donors (Lipinski definition) is 1. The van der Waals surface area contributed by atoms with E-state index in [1.54, 1.807) is 0 Å². The first-order valence-electron chi connectivity index (χ1n) is 6.57. The molecule has 0 radical (unpaired) electrons. The summed E-state index contributed by atoms with van der Waals surface area (Å²) in [5.74, 6) is -0.744. The lowest BCUT2D eigenvalue weighted by atomic mass is 10.1. The van der Waals surface area contributed by atoms with E-state index in [1.807, 2.05) is 25.7 Å². The van der Waals surface area contributed by atoms with Crippen molar-refractivity contribution < 1.29 is 9.90 Å². The van der Waals surface area contributed by atoms with Gasteiger partial charge in [0.1, 0.15) is 6.04 Å². The van der Waals surface area contributed by atoms with Gasteiger partial charge in [0, 0.05) is 12.2 Å². The Labute approximate surface area is 109 Å². The van der Waals surface area contributed by atoms with Gasteiger partial charge in [-0.1, -0.05) is 26.0 Å². The Balaban J connectivity index is 3.17. The summed E-state index contributed by atoms with van der Waals surface area (Å²) in [6.07, 6.45) is 1.56. The highest BCUT2D eigenvalue weighted by molar-refractivity contribution is 5.78. The van der Waals surface area contributed by atoms with Crippen molar-refractivity contribution in [1.82, 2.24) is 0 Å². The number of carbonyl (C=O) groups is 1. The van der Waals surface area contributed by atoms with Gasteiger partial charge < -0.3 is 10.0 Å². The van der Waals surface area contributed by atoms with E-state index in [2.05, 4.69) is 25.1 Å². The fraction of sp³-hybridized carbons (Fsp3) is 0.533. The Morgan fingerprint density at radius 3 is 2.50 bits per heavy atom. The lowest BCUT2D eigenvalue weighted by Crippen LogP contribution is -2.41. The summed E-state index contributed by atoms with van der Waals surface area (Å²) in [5.41, 5.74) is 3.34. The molecule has 0 saturated carbocycles. The number of anilines is 1. The van der Waals surface area contributed by atoms with Crippen LogP contribution in [0.2, 0.25) is 0 Å². The predicted octanol–water partition coefficient (Wildman–Crippen LogP) is 3.38. The molecule has 0 unspecified atom stereocenters. The van der Waals surface area contributed by atoms with Gasteiger partial charge in [-0.05, 0) is 43.9 Å². The lowest BCUT2D eigenvalue weighted by Gasteiger charge is -2.31. The molecule has 0 aromatic heterocycles. The van der Waals surface area contributed by atoms with E-state index in [0.29, 0.717) is 6.42 Å². The van der Waals surface area contributed by atoms with Crippen LogP contribution in [0.15, 0.2) is 18.2 Å². The van der Waals surface area contributed by atoms with Crippen LogP contribution in [0.5, 0.6) is 0 Å². The standard InChI is InChI=1S/C15H23NO2/c1-5-9-16(13(6-2)15(17)18)14-10-11(3)7-8-12(14)4/h7-8,10,13H,5-6,9H2,1-4H3,(H,17,18)/t13-/m1/s1. The molecule has 0 amide bonds. The van der Waals surface area contributed by atoms with E-state index < -0.39 is 12.0 Å². The summed E-state index contributed by atoms with van der Waals surface area (Å²) >= 11 is 0. The highest BCUT2D eigenvalue weighted by Gasteiger charge is 2.24. The molecule has 1 atom stereocenters. The van der Waals surface area contributed by atoms with E-state index >= 15 is 0 Å². The number of carboxylic acids is 1. The maximum Gasteiger partial charge on any atom is 0.326 e. The van der Waals surface area contributed by atoms with Crippen molar-refractivity contribution in [3.05, 3.63) is 29.3 Å². The molecule has 1 aromatic carbocycles. The van der Waals surface area contributed by atoms with Crippen molar-refractivity contribution >= 4 is 11.7 Å². The summed E-state index contributed by atoms with van der Waals surface area (Å²) in [6, 6.07) is 5.76. The molecule has 3 heteroatoms. The van der Waals surface area contributed by atoms with Crippen molar-refractivity contribution in [2.24, 2.45) is 0 Å². The molecular weight excluding hydrogens is 226 g/mol. The number of aryl methyl sites for hydroxylation is 2. The second-order valence-corrected chi connectivity index (χ2v) is 4.75. The zero-order valence-corrected chi connectivity index (χ0v) is 11.7. The summed E-state index contributed by atoms with van der Waals surface area (Å²) < 4.78 is 0. The molecule has 0 saturated heterocycles. The third-order valence-corrected chi connectivity index (χ3v) is 3.19. The molecule has 0 aliphatic rings. The van der Waals surface area contributed by atoms with Crippen LogP contribution in [-0.2, 0) is 4.79 Å². The third-order valence-electron chi connectivity index (χ3n) is 3.19. The van der Waals surface area contributed by atoms with Gasteiger partial charge in [0.2, 0.25) is 0 Å². The molecule has 100 valence electrons. The molecule has 0 fully saturated rings. The van der Waals surface area contributed by atoms with Crippen LogP contribution in [0.3, 0.4) is 0 Å². The highest BCUT2D eigenvalue weighted by atomic mass is 16.4. The maximum atomic E-state index is 11.4. The molecule has 0 heterocycles. The van der Waals surface area contributed by atoms with Gasteiger partial charge in [-0.3, -0.25) is 0 Å². The van der Waals surface area contributed by atoms with Crippen molar-refractivity contribution in [2.75, 3.05) is 11.4 Å². The van der Waals surface area contributed by atoms with Crippen molar-refractivity contribution in [3.63, 3.8) is 0 Å². The zero-order chi connectivity index (χ0) is 13.7. The van der Waals surface area contributed by atoms with Gasteiger partial charge in [0.15, 0.2) is 0 Å². The van der Waals surface area contributed by atoms with Gasteiger partial charge in [-0.15, -0.1) is 0 Å². The first kappa shape index (κ1) is 14.6. The summed E-state index contributed by atoms with van der Waals surface area (Å²) in [4.78, 5) is 13.4. The van der Waals surface area contributed by atoms with Crippen LogP contribution in [0, 0.1) is 13.8 Å². The minimum atomic E-state index is -0.744. The quantitative estimate of drug-likeness (QED) is 0.840. The van der Waals surface area contributed by atoms with Crippen molar-refractivity contribution in [1.29, 1.82) is 0 Å². The van der Waals surface area contributed by atoms with Gasteiger partial charge >= 0.3 is 5.97 Å². The normalized spacial score (nSPS) is 12.2. The fourth-order valence-electron chi connectivity index (χ4n) is 2.24. The zero-order valence-electron chi connectivity index (χ0n) is 11.7. The van der Waals surface area contributed by atoms with Crippen molar-refractivity contribution in [2.45, 2.75) is 46.6 Å². The minimum Gasteiger partial charge on any atom is -0.480 e. The molecule has 0 aliphatic heterocycles. The van der Waals surface area contributed by atoms with Gasteiger partial charge in [-0.25, -0.2) is 4.79 Å². The molecular formula is C15H23NO2. The Hall–Kier alpha value is -1.51. The second-order valence-electron chi connectivity index (χ2n) is 4.75. The average Bonchev–Trinajstić information content (AvgIpc) is 2.32. The second kappa shape index (κ2) is 6.43.